The van der Waals surface area contributed by atoms with Crippen molar-refractivity contribution in [3.05, 3.63) is 60.2 Å². The van der Waals surface area contributed by atoms with E-state index in [0.717, 1.165) is 25.7 Å². The van der Waals surface area contributed by atoms with E-state index in [2.05, 4.69) is 12.2 Å². The highest BCUT2D eigenvalue weighted by Crippen LogP contribution is 2.53. The number of nitrogens with one attached hydrogen (secondary N) is 1. The van der Waals surface area contributed by atoms with Crippen LogP contribution in [0.3, 0.4) is 0 Å². The molecule has 4 aliphatic rings. The molecule has 5 rings (SSSR count). The number of unbranched alkanes of at least 4 members (excludes halogenated alkanes) is 3. The minimum Gasteiger partial charge on any atom is -0.455 e. The van der Waals surface area contributed by atoms with Crippen molar-refractivity contribution in [1.82, 2.24) is 15.1 Å². The number of carbonyl (C=O) groups is 4. The van der Waals surface area contributed by atoms with Crippen molar-refractivity contribution in [1.29, 1.82) is 0 Å². The number of cyclic esters (lactones) is 1. The van der Waals surface area contributed by atoms with Crippen LogP contribution in [0.5, 0.6) is 0 Å². The quantitative estimate of drug-likeness (QED) is 0.197. The van der Waals surface area contributed by atoms with E-state index in [0.29, 0.717) is 37.9 Å². The van der Waals surface area contributed by atoms with E-state index in [1.54, 1.807) is 17.1 Å². The Kier molecular flexibility index (Phi) is 12.1. The van der Waals surface area contributed by atoms with Gasteiger partial charge in [0.25, 0.3) is 0 Å². The summed E-state index contributed by atoms with van der Waals surface area (Å²) in [5.41, 5.74) is -0.697. The number of nitrogens with zero attached hydrogens (tertiary/aromatic N) is 2. The maximum atomic E-state index is 14.7. The van der Waals surface area contributed by atoms with Crippen LogP contribution in [0.4, 0.5) is 0 Å². The molecule has 8 atom stereocenters. The predicted molar refractivity (Wildman–Crippen MR) is 178 cm³/mol. The maximum absolute atomic E-state index is 14.7. The summed E-state index contributed by atoms with van der Waals surface area (Å²) >= 11 is 0. The Morgan fingerprint density at radius 2 is 1.83 bits per heavy atom. The summed E-state index contributed by atoms with van der Waals surface area (Å²) in [5, 5.41) is 12.2. The van der Waals surface area contributed by atoms with Crippen LogP contribution in [0.1, 0.15) is 76.9 Å². The van der Waals surface area contributed by atoms with Gasteiger partial charge in [0.05, 0.1) is 24.7 Å². The number of allylic oxidation sites excluding steroid dienone is 1. The number of ether oxygens (including phenoxy) is 3. The van der Waals surface area contributed by atoms with Gasteiger partial charge in [-0.3, -0.25) is 19.2 Å². The van der Waals surface area contributed by atoms with Crippen molar-refractivity contribution in [3.63, 3.8) is 0 Å². The van der Waals surface area contributed by atoms with E-state index >= 15 is 0 Å². The van der Waals surface area contributed by atoms with Crippen molar-refractivity contribution in [3.8, 4) is 0 Å². The summed E-state index contributed by atoms with van der Waals surface area (Å²) < 4.78 is 18.6. The van der Waals surface area contributed by atoms with E-state index < -0.39 is 47.7 Å². The molecule has 2 N–H and O–H groups in total. The Labute approximate surface area is 283 Å². The van der Waals surface area contributed by atoms with Gasteiger partial charge in [0.2, 0.25) is 17.7 Å². The first kappa shape index (κ1) is 35.8. The number of amides is 3. The highest BCUT2D eigenvalue weighted by Gasteiger charge is 2.71. The molecule has 1 aromatic rings. The van der Waals surface area contributed by atoms with Crippen LogP contribution in [0, 0.1) is 11.8 Å². The molecular formula is C37H51N3O8. The van der Waals surface area contributed by atoms with Crippen molar-refractivity contribution in [2.45, 2.75) is 101 Å². The zero-order chi connectivity index (χ0) is 34.3. The molecule has 11 nitrogen and oxygen atoms in total. The second-order valence-electron chi connectivity index (χ2n) is 13.4. The number of hydrogen-bond acceptors (Lipinski definition) is 8. The first-order valence-corrected chi connectivity index (χ1v) is 17.5. The summed E-state index contributed by atoms with van der Waals surface area (Å²) in [6.45, 7) is 5.03. The number of carbonyl (C=O) groups excluding carboxylic acids is 4. The third-order valence-electron chi connectivity index (χ3n) is 10.1. The molecule has 0 aliphatic carbocycles. The van der Waals surface area contributed by atoms with Gasteiger partial charge in [-0.25, -0.2) is 0 Å². The maximum Gasteiger partial charge on any atom is 0.313 e. The summed E-state index contributed by atoms with van der Waals surface area (Å²) in [6, 6.07) is 7.52. The number of likely N-dealkylation sites (tertiary alicyclic amines) is 1. The van der Waals surface area contributed by atoms with Crippen LogP contribution in [0.15, 0.2) is 54.6 Å². The molecule has 1 spiro atoms. The molecule has 48 heavy (non-hydrogen) atoms. The Bertz CT molecular complexity index is 1350. The SMILES string of the molecule is CCCC(C)N1CC=C[C@@]23O[C@H]4/C=C\CCC(=O)N[C@@H](COC)[C@H](c5ccccc5)OC(=O)[C@H]4[C@@H]2C(=O)N(CCCCCCO)[C@H]3C1=O. The standard InChI is InChI=1S/C37H51N3O8/c1-4-15-25(2)39-22-14-20-37-31(34(43)40(33(37)35(39)44)21-12-5-6-13-23-41)30-28(48-37)18-10-11-19-29(42)38-27(24-46-3)32(47-36(30)45)26-16-8-7-9-17-26/h7-10,14,16-18,20,25,27-28,30-33,41H,4-6,11-13,15,19,21-24H2,1-3H3,(H,38,42)/b18-10-/t25?,27-,28-,30+,31+,32-,33-,37+/m0/s1. The molecule has 0 aromatic heterocycles. The first-order valence-electron chi connectivity index (χ1n) is 17.5. The van der Waals surface area contributed by atoms with E-state index in [1.807, 2.05) is 54.3 Å². The second kappa shape index (κ2) is 16.2. The fraction of sp³-hybridized carbons (Fsp3) is 0.622. The van der Waals surface area contributed by atoms with Crippen LogP contribution in [0.2, 0.25) is 0 Å². The fourth-order valence-electron chi connectivity index (χ4n) is 7.86. The molecule has 11 heteroatoms. The molecule has 262 valence electrons. The highest BCUT2D eigenvalue weighted by molar-refractivity contribution is 5.99. The van der Waals surface area contributed by atoms with Crippen LogP contribution < -0.4 is 5.32 Å². The molecule has 0 radical (unpaired) electrons. The van der Waals surface area contributed by atoms with E-state index in [-0.39, 0.29) is 43.4 Å². The lowest BCUT2D eigenvalue weighted by Gasteiger charge is -2.37. The van der Waals surface area contributed by atoms with Gasteiger partial charge in [-0.1, -0.05) is 80.8 Å². The molecule has 1 aromatic carbocycles. The minimum absolute atomic E-state index is 0.0447. The summed E-state index contributed by atoms with van der Waals surface area (Å²) in [6.07, 6.45) is 10.8. The van der Waals surface area contributed by atoms with Gasteiger partial charge in [-0.2, -0.15) is 0 Å². The Morgan fingerprint density at radius 3 is 2.56 bits per heavy atom. The van der Waals surface area contributed by atoms with Gasteiger partial charge >= 0.3 is 5.97 Å². The molecule has 4 heterocycles. The third kappa shape index (κ3) is 7.23. The number of methoxy groups -OCH3 is 1. The molecule has 4 aliphatic heterocycles. The van der Waals surface area contributed by atoms with E-state index in [1.165, 1.54) is 7.11 Å². The van der Waals surface area contributed by atoms with Gasteiger partial charge in [0, 0.05) is 39.3 Å². The van der Waals surface area contributed by atoms with Crippen molar-refractivity contribution in [2.24, 2.45) is 11.8 Å². The molecule has 2 fully saturated rings. The monoisotopic (exact) mass is 665 g/mol. The van der Waals surface area contributed by atoms with Crippen molar-refractivity contribution >= 4 is 23.7 Å². The molecule has 3 amide bonds. The first-order chi connectivity index (χ1) is 23.3. The van der Waals surface area contributed by atoms with Crippen LogP contribution >= 0.6 is 0 Å². The lowest BCUT2D eigenvalue weighted by Crippen LogP contribution is -2.56. The van der Waals surface area contributed by atoms with E-state index in [9.17, 15) is 24.3 Å². The normalized spacial score (nSPS) is 31.9. The topological polar surface area (TPSA) is 135 Å². The van der Waals surface area contributed by atoms with E-state index in [4.69, 9.17) is 14.2 Å². The zero-order valence-electron chi connectivity index (χ0n) is 28.4. The Balaban J connectivity index is 1.56. The number of esters is 1. The summed E-state index contributed by atoms with van der Waals surface area (Å²) in [5.74, 6) is -3.33. The predicted octanol–water partition coefficient (Wildman–Crippen LogP) is 3.47. The third-order valence-corrected chi connectivity index (χ3v) is 10.1. The molecular weight excluding hydrogens is 614 g/mol. The van der Waals surface area contributed by atoms with Gasteiger partial charge < -0.3 is 34.4 Å². The molecule has 1 unspecified atom stereocenters. The van der Waals surface area contributed by atoms with Crippen LogP contribution in [0.25, 0.3) is 0 Å². The number of fused-ring (bicyclic) bond motifs is 2. The van der Waals surface area contributed by atoms with Gasteiger partial charge in [-0.15, -0.1) is 0 Å². The lowest BCUT2D eigenvalue weighted by molar-refractivity contribution is -0.162. The van der Waals surface area contributed by atoms with Gasteiger partial charge in [0.15, 0.2) is 0 Å². The van der Waals surface area contributed by atoms with Crippen LogP contribution in [-0.2, 0) is 33.4 Å². The largest absolute Gasteiger partial charge is 0.455 e. The van der Waals surface area contributed by atoms with Crippen LogP contribution in [-0.4, -0.2) is 102 Å². The number of rotatable bonds is 12. The smallest absolute Gasteiger partial charge is 0.313 e. The number of hydrogen-bond donors (Lipinski definition) is 2. The minimum atomic E-state index is -1.37. The Hall–Kier alpha value is -3.54. The summed E-state index contributed by atoms with van der Waals surface area (Å²) in [7, 11) is 1.52. The van der Waals surface area contributed by atoms with Gasteiger partial charge in [0.1, 0.15) is 23.7 Å². The fourth-order valence-corrected chi connectivity index (χ4v) is 7.86. The highest BCUT2D eigenvalue weighted by atomic mass is 16.6. The van der Waals surface area contributed by atoms with Crippen molar-refractivity contribution < 1.29 is 38.5 Å². The molecule has 2 saturated heterocycles. The summed E-state index contributed by atoms with van der Waals surface area (Å²) in [4.78, 5) is 60.2. The zero-order valence-corrected chi connectivity index (χ0v) is 28.4. The number of benzene rings is 1. The average Bonchev–Trinajstić information content (AvgIpc) is 3.45. The average molecular weight is 666 g/mol. The molecule has 0 bridgehead atoms. The van der Waals surface area contributed by atoms with Crippen molar-refractivity contribution in [2.75, 3.05) is 33.4 Å². The number of aliphatic hydroxyl groups is 1. The number of aliphatic hydroxyl groups excluding tert-OH is 1. The molecule has 0 saturated carbocycles. The Morgan fingerprint density at radius 1 is 1.06 bits per heavy atom. The van der Waals surface area contributed by atoms with Gasteiger partial charge in [-0.05, 0) is 38.2 Å². The second-order valence-corrected chi connectivity index (χ2v) is 13.4. The lowest BCUT2D eigenvalue weighted by atomic mass is 9.77.